The second-order valence-electron chi connectivity index (χ2n) is 2.44. The largest absolute Gasteiger partial charge is 0.353 e. The molecule has 2 heteroatoms. The molecule has 1 fully saturated rings. The van der Waals surface area contributed by atoms with Gasteiger partial charge in [0.2, 0.25) is 0 Å². The molecule has 1 atom stereocenters. The fraction of sp³-hybridized carbons (Fsp3) is 1.00. The van der Waals surface area contributed by atoms with Crippen LogP contribution < -0.4 is 0 Å². The summed E-state index contributed by atoms with van der Waals surface area (Å²) in [7, 11) is 0. The molecule has 62 valence electrons. The standard InChI is InChI=1S/C6H12O2.C2H6/c1-5(2)6-3-7-4-8-6;1-2/h5-6H,3-4H2,1-2H3;1-2H3. The van der Waals surface area contributed by atoms with Gasteiger partial charge in [-0.3, -0.25) is 0 Å². The van der Waals surface area contributed by atoms with Crippen molar-refractivity contribution in [1.29, 1.82) is 0 Å². The maximum Gasteiger partial charge on any atom is 0.147 e. The van der Waals surface area contributed by atoms with E-state index in [0.29, 0.717) is 18.8 Å². The molecule has 1 aliphatic rings. The quantitative estimate of drug-likeness (QED) is 0.563. The Morgan fingerprint density at radius 2 is 1.90 bits per heavy atom. The third kappa shape index (κ3) is 3.18. The molecule has 1 rings (SSSR count). The molecule has 0 bridgehead atoms. The monoisotopic (exact) mass is 146 g/mol. The van der Waals surface area contributed by atoms with Gasteiger partial charge in [0.1, 0.15) is 6.79 Å². The van der Waals surface area contributed by atoms with Gasteiger partial charge in [0.25, 0.3) is 0 Å². The van der Waals surface area contributed by atoms with Gasteiger partial charge in [0.15, 0.2) is 0 Å². The van der Waals surface area contributed by atoms with Gasteiger partial charge in [0, 0.05) is 0 Å². The van der Waals surface area contributed by atoms with Crippen LogP contribution in [0.25, 0.3) is 0 Å². The summed E-state index contributed by atoms with van der Waals surface area (Å²) in [5, 5.41) is 0. The minimum Gasteiger partial charge on any atom is -0.353 e. The molecule has 0 radical (unpaired) electrons. The summed E-state index contributed by atoms with van der Waals surface area (Å²) in [4.78, 5) is 0. The van der Waals surface area contributed by atoms with Crippen molar-refractivity contribution < 1.29 is 9.47 Å². The van der Waals surface area contributed by atoms with Crippen LogP contribution in [0.1, 0.15) is 27.7 Å². The van der Waals surface area contributed by atoms with E-state index in [4.69, 9.17) is 9.47 Å². The zero-order chi connectivity index (χ0) is 7.98. The number of hydrogen-bond acceptors (Lipinski definition) is 2. The second kappa shape index (κ2) is 5.69. The van der Waals surface area contributed by atoms with Gasteiger partial charge < -0.3 is 9.47 Å². The zero-order valence-corrected chi connectivity index (χ0v) is 7.39. The van der Waals surface area contributed by atoms with Gasteiger partial charge in [0.05, 0.1) is 12.7 Å². The normalized spacial score (nSPS) is 24.3. The third-order valence-electron chi connectivity index (χ3n) is 1.39. The molecule has 0 aromatic heterocycles. The summed E-state index contributed by atoms with van der Waals surface area (Å²) in [6.07, 6.45) is 0.343. The van der Waals surface area contributed by atoms with Crippen molar-refractivity contribution in [2.75, 3.05) is 13.4 Å². The fourth-order valence-electron chi connectivity index (χ4n) is 0.733. The van der Waals surface area contributed by atoms with Crippen LogP contribution in [0.15, 0.2) is 0 Å². The molecule has 0 aromatic carbocycles. The highest BCUT2D eigenvalue weighted by Gasteiger charge is 2.18. The minimum atomic E-state index is 0.343. The van der Waals surface area contributed by atoms with Gasteiger partial charge in [-0.25, -0.2) is 0 Å². The van der Waals surface area contributed by atoms with Crippen LogP contribution in [0.2, 0.25) is 0 Å². The second-order valence-corrected chi connectivity index (χ2v) is 2.44. The van der Waals surface area contributed by atoms with Gasteiger partial charge in [-0.05, 0) is 5.92 Å². The van der Waals surface area contributed by atoms with E-state index in [1.54, 1.807) is 0 Å². The van der Waals surface area contributed by atoms with Crippen molar-refractivity contribution in [2.45, 2.75) is 33.8 Å². The maximum atomic E-state index is 5.19. The molecule has 1 heterocycles. The summed E-state index contributed by atoms with van der Waals surface area (Å²) in [6, 6.07) is 0. The lowest BCUT2D eigenvalue weighted by atomic mass is 10.1. The molecule has 0 N–H and O–H groups in total. The van der Waals surface area contributed by atoms with Crippen LogP contribution in [0.4, 0.5) is 0 Å². The average Bonchev–Trinajstić information content (AvgIpc) is 2.42. The molecule has 2 nitrogen and oxygen atoms in total. The van der Waals surface area contributed by atoms with Crippen LogP contribution in [0.5, 0.6) is 0 Å². The Hall–Kier alpha value is -0.0800. The lowest BCUT2D eigenvalue weighted by Gasteiger charge is -2.09. The Morgan fingerprint density at radius 1 is 1.30 bits per heavy atom. The smallest absolute Gasteiger partial charge is 0.147 e. The zero-order valence-electron chi connectivity index (χ0n) is 7.39. The van der Waals surface area contributed by atoms with Gasteiger partial charge in [-0.1, -0.05) is 27.7 Å². The molecular formula is C8H18O2. The highest BCUT2D eigenvalue weighted by molar-refractivity contribution is 4.62. The first-order chi connectivity index (χ1) is 4.80. The van der Waals surface area contributed by atoms with E-state index < -0.39 is 0 Å². The minimum absolute atomic E-state index is 0.343. The van der Waals surface area contributed by atoms with Crippen molar-refractivity contribution in [1.82, 2.24) is 0 Å². The summed E-state index contributed by atoms with van der Waals surface area (Å²) in [5.41, 5.74) is 0. The molecule has 1 saturated heterocycles. The summed E-state index contributed by atoms with van der Waals surface area (Å²) in [5.74, 6) is 0.595. The highest BCUT2D eigenvalue weighted by Crippen LogP contribution is 2.11. The van der Waals surface area contributed by atoms with E-state index >= 15 is 0 Å². The molecule has 0 amide bonds. The van der Waals surface area contributed by atoms with E-state index in [1.807, 2.05) is 13.8 Å². The molecule has 0 aromatic rings. The number of ether oxygens (including phenoxy) is 2. The van der Waals surface area contributed by atoms with Crippen molar-refractivity contribution in [3.63, 3.8) is 0 Å². The SMILES string of the molecule is CC.CC(C)C1COCO1. The Bertz CT molecular complexity index is 65.7. The van der Waals surface area contributed by atoms with Crippen LogP contribution >= 0.6 is 0 Å². The lowest BCUT2D eigenvalue weighted by Crippen LogP contribution is -2.16. The highest BCUT2D eigenvalue weighted by atomic mass is 16.7. The summed E-state index contributed by atoms with van der Waals surface area (Å²) in [6.45, 7) is 9.54. The predicted octanol–water partition coefficient (Wildman–Crippen LogP) is 2.04. The predicted molar refractivity (Wildman–Crippen MR) is 41.9 cm³/mol. The molecule has 1 unspecified atom stereocenters. The first kappa shape index (κ1) is 9.92. The lowest BCUT2D eigenvalue weighted by molar-refractivity contribution is 0.0336. The Balaban J connectivity index is 0.000000371. The van der Waals surface area contributed by atoms with E-state index in [9.17, 15) is 0 Å². The van der Waals surface area contributed by atoms with Crippen molar-refractivity contribution in [2.24, 2.45) is 5.92 Å². The van der Waals surface area contributed by atoms with Crippen molar-refractivity contribution in [3.05, 3.63) is 0 Å². The molecular weight excluding hydrogens is 128 g/mol. The maximum absolute atomic E-state index is 5.19. The van der Waals surface area contributed by atoms with Gasteiger partial charge in [-0.2, -0.15) is 0 Å². The first-order valence-electron chi connectivity index (χ1n) is 4.00. The van der Waals surface area contributed by atoms with E-state index in [-0.39, 0.29) is 0 Å². The topological polar surface area (TPSA) is 18.5 Å². The van der Waals surface area contributed by atoms with Crippen LogP contribution in [-0.2, 0) is 9.47 Å². The van der Waals surface area contributed by atoms with Crippen molar-refractivity contribution in [3.8, 4) is 0 Å². The Morgan fingerprint density at radius 3 is 2.10 bits per heavy atom. The van der Waals surface area contributed by atoms with Crippen LogP contribution in [0, 0.1) is 5.92 Å². The first-order valence-corrected chi connectivity index (χ1v) is 4.00. The molecule has 10 heavy (non-hydrogen) atoms. The Kier molecular flexibility index (Phi) is 5.64. The molecule has 0 spiro atoms. The molecule has 0 saturated carbocycles. The number of hydrogen-bond donors (Lipinski definition) is 0. The van der Waals surface area contributed by atoms with E-state index in [2.05, 4.69) is 13.8 Å². The van der Waals surface area contributed by atoms with Gasteiger partial charge in [-0.15, -0.1) is 0 Å². The van der Waals surface area contributed by atoms with E-state index in [0.717, 1.165) is 6.61 Å². The Labute approximate surface area is 63.5 Å². The van der Waals surface area contributed by atoms with Crippen molar-refractivity contribution >= 4 is 0 Å². The third-order valence-corrected chi connectivity index (χ3v) is 1.39. The van der Waals surface area contributed by atoms with E-state index in [1.165, 1.54) is 0 Å². The average molecular weight is 146 g/mol. The van der Waals surface area contributed by atoms with Crippen LogP contribution in [0.3, 0.4) is 0 Å². The van der Waals surface area contributed by atoms with Gasteiger partial charge >= 0.3 is 0 Å². The van der Waals surface area contributed by atoms with Crippen LogP contribution in [-0.4, -0.2) is 19.5 Å². The number of rotatable bonds is 1. The summed E-state index contributed by atoms with van der Waals surface area (Å²) >= 11 is 0. The molecule has 1 aliphatic heterocycles. The summed E-state index contributed by atoms with van der Waals surface area (Å²) < 4.78 is 10.2. The molecule has 0 aliphatic carbocycles. The fourth-order valence-corrected chi connectivity index (χ4v) is 0.733.